The Bertz CT molecular complexity index is 145. The van der Waals surface area contributed by atoms with Crippen molar-refractivity contribution in [1.29, 1.82) is 0 Å². The maximum atomic E-state index is 5.74. The molecule has 1 fully saturated rings. The molecule has 2 nitrogen and oxygen atoms in total. The fourth-order valence-electron chi connectivity index (χ4n) is 1.94. The van der Waals surface area contributed by atoms with Gasteiger partial charge >= 0.3 is 0 Å². The maximum absolute atomic E-state index is 5.74. The summed E-state index contributed by atoms with van der Waals surface area (Å²) >= 11 is 0. The second-order valence-electron chi connectivity index (χ2n) is 4.81. The van der Waals surface area contributed by atoms with E-state index in [1.807, 2.05) is 0 Å². The zero-order valence-electron chi connectivity index (χ0n) is 9.29. The first-order chi connectivity index (χ1) is 6.09. The molecule has 0 bridgehead atoms. The van der Waals surface area contributed by atoms with Gasteiger partial charge < -0.3 is 10.6 Å². The van der Waals surface area contributed by atoms with Crippen LogP contribution in [0.25, 0.3) is 0 Å². The molecule has 0 aromatic heterocycles. The zero-order valence-corrected chi connectivity index (χ0v) is 9.29. The van der Waals surface area contributed by atoms with E-state index in [0.29, 0.717) is 6.04 Å². The van der Waals surface area contributed by atoms with Crippen LogP contribution in [-0.4, -0.2) is 30.6 Å². The molecule has 3 unspecified atom stereocenters. The van der Waals surface area contributed by atoms with Crippen molar-refractivity contribution in [2.75, 3.05) is 19.6 Å². The van der Waals surface area contributed by atoms with E-state index in [1.165, 1.54) is 26.1 Å². The molecule has 0 aromatic carbocycles. The van der Waals surface area contributed by atoms with Gasteiger partial charge in [-0.05, 0) is 44.7 Å². The van der Waals surface area contributed by atoms with E-state index >= 15 is 0 Å². The molecule has 0 amide bonds. The lowest BCUT2D eigenvalue weighted by molar-refractivity contribution is 0.135. The summed E-state index contributed by atoms with van der Waals surface area (Å²) in [6, 6.07) is 0.356. The number of nitrogens with zero attached hydrogens (tertiary/aromatic N) is 1. The third-order valence-corrected chi connectivity index (χ3v) is 3.32. The molecule has 2 heteroatoms. The lowest BCUT2D eigenvalue weighted by atomic mass is 9.88. The van der Waals surface area contributed by atoms with Crippen molar-refractivity contribution in [3.8, 4) is 0 Å². The van der Waals surface area contributed by atoms with Crippen molar-refractivity contribution in [2.45, 2.75) is 39.7 Å². The summed E-state index contributed by atoms with van der Waals surface area (Å²) in [6.45, 7) is 10.6. The molecule has 78 valence electrons. The van der Waals surface area contributed by atoms with Crippen molar-refractivity contribution in [3.63, 3.8) is 0 Å². The van der Waals surface area contributed by atoms with Crippen LogP contribution >= 0.6 is 0 Å². The Hall–Kier alpha value is -0.0800. The van der Waals surface area contributed by atoms with Gasteiger partial charge in [0.15, 0.2) is 0 Å². The molecule has 3 atom stereocenters. The van der Waals surface area contributed by atoms with Crippen molar-refractivity contribution in [2.24, 2.45) is 17.6 Å². The minimum atomic E-state index is 0.356. The predicted molar refractivity (Wildman–Crippen MR) is 57.7 cm³/mol. The number of piperidine rings is 1. The van der Waals surface area contributed by atoms with E-state index in [9.17, 15) is 0 Å². The van der Waals surface area contributed by atoms with Crippen LogP contribution in [0.2, 0.25) is 0 Å². The van der Waals surface area contributed by atoms with Crippen molar-refractivity contribution in [1.82, 2.24) is 4.90 Å². The minimum absolute atomic E-state index is 0.356. The number of hydrogen-bond acceptors (Lipinski definition) is 2. The van der Waals surface area contributed by atoms with Gasteiger partial charge in [-0.25, -0.2) is 0 Å². The Morgan fingerprint density at radius 1 is 1.38 bits per heavy atom. The van der Waals surface area contributed by atoms with Crippen LogP contribution in [0.5, 0.6) is 0 Å². The average Bonchev–Trinajstić information content (AvgIpc) is 2.07. The Morgan fingerprint density at radius 3 is 2.62 bits per heavy atom. The third kappa shape index (κ3) is 3.65. The summed E-state index contributed by atoms with van der Waals surface area (Å²) in [5.74, 6) is 1.77. The van der Waals surface area contributed by atoms with E-state index in [-0.39, 0.29) is 0 Å². The molecule has 2 N–H and O–H groups in total. The molecular weight excluding hydrogens is 160 g/mol. The van der Waals surface area contributed by atoms with E-state index < -0.39 is 0 Å². The summed E-state index contributed by atoms with van der Waals surface area (Å²) in [4.78, 5) is 2.56. The number of rotatable bonds is 3. The van der Waals surface area contributed by atoms with Gasteiger partial charge in [-0.3, -0.25) is 0 Å². The van der Waals surface area contributed by atoms with Gasteiger partial charge in [-0.15, -0.1) is 0 Å². The van der Waals surface area contributed by atoms with Crippen molar-refractivity contribution in [3.05, 3.63) is 0 Å². The Kier molecular flexibility index (Phi) is 4.20. The van der Waals surface area contributed by atoms with Gasteiger partial charge in [0.25, 0.3) is 0 Å². The normalized spacial score (nSPS) is 33.2. The molecule has 1 aliphatic rings. The maximum Gasteiger partial charge on any atom is 0.00226 e. The minimum Gasteiger partial charge on any atom is -0.328 e. The van der Waals surface area contributed by atoms with Crippen LogP contribution in [0, 0.1) is 11.8 Å². The molecule has 0 aromatic rings. The summed E-state index contributed by atoms with van der Waals surface area (Å²) in [7, 11) is 0. The van der Waals surface area contributed by atoms with Gasteiger partial charge in [-0.2, -0.15) is 0 Å². The lowest BCUT2D eigenvalue weighted by Crippen LogP contribution is -2.40. The number of likely N-dealkylation sites (tertiary alicyclic amines) is 1. The van der Waals surface area contributed by atoms with E-state index in [4.69, 9.17) is 5.73 Å². The predicted octanol–water partition coefficient (Wildman–Crippen LogP) is 1.70. The molecule has 0 spiro atoms. The standard InChI is InChI=1S/C11H24N2/c1-9-4-6-13(8-10(9)2)7-5-11(3)12/h9-11H,4-8,12H2,1-3H3. The molecule has 1 aliphatic heterocycles. The molecule has 0 saturated carbocycles. The summed E-state index contributed by atoms with van der Waals surface area (Å²) in [6.07, 6.45) is 2.50. The number of nitrogens with two attached hydrogens (primary N) is 1. The van der Waals surface area contributed by atoms with Crippen molar-refractivity contribution < 1.29 is 0 Å². The van der Waals surface area contributed by atoms with Crippen LogP contribution in [0.3, 0.4) is 0 Å². The average molecular weight is 184 g/mol. The van der Waals surface area contributed by atoms with Crippen LogP contribution in [0.4, 0.5) is 0 Å². The first-order valence-electron chi connectivity index (χ1n) is 5.57. The van der Waals surface area contributed by atoms with Crippen LogP contribution < -0.4 is 5.73 Å². The topological polar surface area (TPSA) is 29.3 Å². The molecular formula is C11H24N2. The van der Waals surface area contributed by atoms with Gasteiger partial charge in [0.1, 0.15) is 0 Å². The van der Waals surface area contributed by atoms with Crippen LogP contribution in [0.15, 0.2) is 0 Å². The Morgan fingerprint density at radius 2 is 2.08 bits per heavy atom. The van der Waals surface area contributed by atoms with Crippen LogP contribution in [0.1, 0.15) is 33.6 Å². The second-order valence-corrected chi connectivity index (χ2v) is 4.81. The summed E-state index contributed by atoms with van der Waals surface area (Å²) in [5.41, 5.74) is 5.74. The highest BCUT2D eigenvalue weighted by molar-refractivity contribution is 4.75. The first-order valence-corrected chi connectivity index (χ1v) is 5.57. The first kappa shape index (κ1) is 11.0. The molecule has 0 aliphatic carbocycles. The Balaban J connectivity index is 2.21. The van der Waals surface area contributed by atoms with E-state index in [1.54, 1.807) is 0 Å². The number of hydrogen-bond donors (Lipinski definition) is 1. The summed E-state index contributed by atoms with van der Waals surface area (Å²) < 4.78 is 0. The Labute approximate surface area is 82.5 Å². The van der Waals surface area contributed by atoms with Crippen molar-refractivity contribution >= 4 is 0 Å². The zero-order chi connectivity index (χ0) is 9.84. The fourth-order valence-corrected chi connectivity index (χ4v) is 1.94. The van der Waals surface area contributed by atoms with Crippen LogP contribution in [-0.2, 0) is 0 Å². The SMILES string of the molecule is CC(N)CCN1CCC(C)C(C)C1. The largest absolute Gasteiger partial charge is 0.328 e. The lowest BCUT2D eigenvalue weighted by Gasteiger charge is -2.35. The third-order valence-electron chi connectivity index (χ3n) is 3.32. The highest BCUT2D eigenvalue weighted by atomic mass is 15.1. The van der Waals surface area contributed by atoms with Gasteiger partial charge in [0.05, 0.1) is 0 Å². The highest BCUT2D eigenvalue weighted by Crippen LogP contribution is 2.22. The molecule has 1 heterocycles. The molecule has 0 radical (unpaired) electrons. The monoisotopic (exact) mass is 184 g/mol. The summed E-state index contributed by atoms with van der Waals surface area (Å²) in [5, 5.41) is 0. The fraction of sp³-hybridized carbons (Fsp3) is 1.00. The smallest absolute Gasteiger partial charge is 0.00226 e. The van der Waals surface area contributed by atoms with E-state index in [2.05, 4.69) is 25.7 Å². The van der Waals surface area contributed by atoms with Gasteiger partial charge in [0, 0.05) is 12.6 Å². The molecule has 1 saturated heterocycles. The van der Waals surface area contributed by atoms with E-state index in [0.717, 1.165) is 18.3 Å². The van der Waals surface area contributed by atoms with Gasteiger partial charge in [-0.1, -0.05) is 13.8 Å². The molecule has 13 heavy (non-hydrogen) atoms. The second kappa shape index (κ2) is 4.97. The van der Waals surface area contributed by atoms with Gasteiger partial charge in [0.2, 0.25) is 0 Å². The highest BCUT2D eigenvalue weighted by Gasteiger charge is 2.21. The molecule has 1 rings (SSSR count). The quantitative estimate of drug-likeness (QED) is 0.723.